The lowest BCUT2D eigenvalue weighted by molar-refractivity contribution is 0.0671. The second kappa shape index (κ2) is 10.8. The Kier molecular flexibility index (Phi) is 9.37. The van der Waals surface area contributed by atoms with Gasteiger partial charge in [0, 0.05) is 50.7 Å². The number of nitrogens with one attached hydrogen (secondary N) is 2. The van der Waals surface area contributed by atoms with Gasteiger partial charge in [0.15, 0.2) is 5.96 Å². The molecule has 0 amide bonds. The van der Waals surface area contributed by atoms with Crippen molar-refractivity contribution >= 4 is 29.9 Å². The molecule has 0 bridgehead atoms. The smallest absolute Gasteiger partial charge is 0.191 e. The predicted octanol–water partition coefficient (Wildman–Crippen LogP) is 0.837. The van der Waals surface area contributed by atoms with Crippen molar-refractivity contribution in [3.8, 4) is 0 Å². The van der Waals surface area contributed by atoms with Gasteiger partial charge in [-0.25, -0.2) is 4.99 Å². The molecule has 2 aromatic rings. The third kappa shape index (κ3) is 6.74. The van der Waals surface area contributed by atoms with E-state index < -0.39 is 5.60 Å². The molecule has 0 aliphatic rings. The van der Waals surface area contributed by atoms with Gasteiger partial charge in [-0.1, -0.05) is 0 Å². The van der Waals surface area contributed by atoms with Crippen molar-refractivity contribution in [1.29, 1.82) is 0 Å². The van der Waals surface area contributed by atoms with Crippen molar-refractivity contribution < 1.29 is 5.11 Å². The van der Waals surface area contributed by atoms with Crippen molar-refractivity contribution in [2.45, 2.75) is 25.5 Å². The zero-order chi connectivity index (χ0) is 20.0. The van der Waals surface area contributed by atoms with Gasteiger partial charge in [0.1, 0.15) is 5.60 Å². The van der Waals surface area contributed by atoms with Crippen molar-refractivity contribution in [3.63, 3.8) is 0 Å². The van der Waals surface area contributed by atoms with Crippen LogP contribution in [0.2, 0.25) is 0 Å². The molecular weight excluding hydrogens is 471 g/mol. The summed E-state index contributed by atoms with van der Waals surface area (Å²) in [5.41, 5.74) is 0.792. The van der Waals surface area contributed by atoms with Crippen LogP contribution in [0.25, 0.3) is 0 Å². The van der Waals surface area contributed by atoms with Crippen LogP contribution in [0, 0.1) is 0 Å². The fourth-order valence-corrected chi connectivity index (χ4v) is 2.77. The van der Waals surface area contributed by atoms with E-state index in [1.807, 2.05) is 47.5 Å². The summed E-state index contributed by atoms with van der Waals surface area (Å²) >= 11 is 0. The molecule has 9 nitrogen and oxygen atoms in total. The molecule has 0 aliphatic heterocycles. The molecule has 0 aromatic carbocycles. The SMILES string of the molecule is CCNC(=NCC(C)(O)c1cnn(C)c1)NCC(c1cnn(C)c1)N(C)C.I. The lowest BCUT2D eigenvalue weighted by Crippen LogP contribution is -2.42. The number of halogens is 1. The highest BCUT2D eigenvalue weighted by molar-refractivity contribution is 14.0. The second-order valence-corrected chi connectivity index (χ2v) is 7.18. The van der Waals surface area contributed by atoms with Crippen molar-refractivity contribution in [2.75, 3.05) is 33.7 Å². The summed E-state index contributed by atoms with van der Waals surface area (Å²) in [5.74, 6) is 0.664. The Morgan fingerprint density at radius 1 is 1.21 bits per heavy atom. The molecule has 0 spiro atoms. The normalized spacial score (nSPS) is 15.1. The molecule has 3 N–H and O–H groups in total. The van der Waals surface area contributed by atoms with Gasteiger partial charge in [0.2, 0.25) is 0 Å². The Balaban J connectivity index is 0.00000392. The summed E-state index contributed by atoms with van der Waals surface area (Å²) in [6.07, 6.45) is 7.37. The van der Waals surface area contributed by atoms with Crippen LogP contribution >= 0.6 is 24.0 Å². The summed E-state index contributed by atoms with van der Waals surface area (Å²) in [6, 6.07) is 0.154. The zero-order valence-electron chi connectivity index (χ0n) is 17.5. The van der Waals surface area contributed by atoms with E-state index >= 15 is 0 Å². The number of aliphatic hydroxyl groups is 1. The molecule has 0 fully saturated rings. The zero-order valence-corrected chi connectivity index (χ0v) is 19.9. The molecular formula is C18H33IN8O. The topological polar surface area (TPSA) is 95.5 Å². The first-order valence-electron chi connectivity index (χ1n) is 9.11. The van der Waals surface area contributed by atoms with E-state index in [9.17, 15) is 5.11 Å². The van der Waals surface area contributed by atoms with Gasteiger partial charge in [-0.3, -0.25) is 9.36 Å². The van der Waals surface area contributed by atoms with Crippen LogP contribution < -0.4 is 10.6 Å². The Bertz CT molecular complexity index is 752. The first kappa shape index (κ1) is 24.4. The largest absolute Gasteiger partial charge is 0.383 e. The van der Waals surface area contributed by atoms with E-state index in [2.05, 4.69) is 30.7 Å². The van der Waals surface area contributed by atoms with Gasteiger partial charge in [0.05, 0.1) is 25.0 Å². The Morgan fingerprint density at radius 3 is 2.36 bits per heavy atom. The summed E-state index contributed by atoms with van der Waals surface area (Å²) in [4.78, 5) is 6.71. The molecule has 2 heterocycles. The van der Waals surface area contributed by atoms with Gasteiger partial charge >= 0.3 is 0 Å². The van der Waals surface area contributed by atoms with E-state index in [4.69, 9.17) is 0 Å². The number of rotatable bonds is 8. The Hall–Kier alpha value is -1.66. The Labute approximate surface area is 184 Å². The van der Waals surface area contributed by atoms with Gasteiger partial charge < -0.3 is 20.6 Å². The van der Waals surface area contributed by atoms with Crippen LogP contribution in [0.3, 0.4) is 0 Å². The molecule has 0 saturated carbocycles. The van der Waals surface area contributed by atoms with Crippen LogP contribution in [0.1, 0.15) is 31.0 Å². The minimum atomic E-state index is -1.08. The number of aromatic nitrogens is 4. The van der Waals surface area contributed by atoms with Gasteiger partial charge in [-0.05, 0) is 27.9 Å². The first-order valence-corrected chi connectivity index (χ1v) is 9.11. The van der Waals surface area contributed by atoms with Crippen molar-refractivity contribution in [1.82, 2.24) is 35.1 Å². The maximum absolute atomic E-state index is 10.7. The van der Waals surface area contributed by atoms with E-state index in [-0.39, 0.29) is 36.6 Å². The maximum Gasteiger partial charge on any atom is 0.191 e. The third-order valence-electron chi connectivity index (χ3n) is 4.41. The number of aryl methyl sites for hydroxylation is 2. The van der Waals surface area contributed by atoms with Crippen LogP contribution in [0.15, 0.2) is 29.8 Å². The summed E-state index contributed by atoms with van der Waals surface area (Å²) < 4.78 is 3.47. The fourth-order valence-electron chi connectivity index (χ4n) is 2.77. The highest BCUT2D eigenvalue weighted by atomic mass is 127. The van der Waals surface area contributed by atoms with E-state index in [0.717, 1.165) is 17.7 Å². The van der Waals surface area contributed by atoms with E-state index in [1.165, 1.54) is 0 Å². The average molecular weight is 504 g/mol. The quantitative estimate of drug-likeness (QED) is 0.280. The summed E-state index contributed by atoms with van der Waals surface area (Å²) in [6.45, 7) is 5.39. The van der Waals surface area contributed by atoms with Crippen LogP contribution in [0.5, 0.6) is 0 Å². The lowest BCUT2D eigenvalue weighted by atomic mass is 10.0. The number of likely N-dealkylation sites (N-methyl/N-ethyl adjacent to an activating group) is 1. The van der Waals surface area contributed by atoms with Gasteiger partial charge in [-0.2, -0.15) is 10.2 Å². The van der Waals surface area contributed by atoms with Gasteiger partial charge in [0.25, 0.3) is 0 Å². The fraction of sp³-hybridized carbons (Fsp3) is 0.611. The first-order chi connectivity index (χ1) is 12.7. The standard InChI is InChI=1S/C18H32N8O.HI/c1-7-19-17(21-13-18(2,27)15-9-23-26(6)12-15)20-10-16(24(3)4)14-8-22-25(5)11-14;/h8-9,11-12,16,27H,7,10,13H2,1-6H3,(H2,19,20,21);1H. The van der Waals surface area contributed by atoms with Crippen molar-refractivity contribution in [2.24, 2.45) is 19.1 Å². The van der Waals surface area contributed by atoms with Gasteiger partial charge in [-0.15, -0.1) is 24.0 Å². The number of nitrogens with zero attached hydrogens (tertiary/aromatic N) is 6. The molecule has 2 unspecified atom stereocenters. The molecule has 2 rings (SSSR count). The Morgan fingerprint density at radius 2 is 1.86 bits per heavy atom. The highest BCUT2D eigenvalue weighted by Crippen LogP contribution is 2.20. The van der Waals surface area contributed by atoms with Crippen LogP contribution in [0.4, 0.5) is 0 Å². The number of guanidine groups is 1. The minimum absolute atomic E-state index is 0. The molecule has 2 atom stereocenters. The molecule has 2 aromatic heterocycles. The molecule has 158 valence electrons. The number of hydrogen-bond donors (Lipinski definition) is 3. The van der Waals surface area contributed by atoms with Crippen LogP contribution in [-0.2, 0) is 19.7 Å². The van der Waals surface area contributed by atoms with Crippen molar-refractivity contribution in [3.05, 3.63) is 35.9 Å². The average Bonchev–Trinajstić information content (AvgIpc) is 3.21. The summed E-state index contributed by atoms with van der Waals surface area (Å²) in [7, 11) is 7.82. The second-order valence-electron chi connectivity index (χ2n) is 7.18. The van der Waals surface area contributed by atoms with Crippen LogP contribution in [-0.4, -0.2) is 69.3 Å². The van der Waals surface area contributed by atoms with E-state index in [1.54, 1.807) is 28.7 Å². The minimum Gasteiger partial charge on any atom is -0.383 e. The molecule has 0 radical (unpaired) electrons. The molecule has 10 heteroatoms. The molecule has 0 saturated heterocycles. The summed E-state index contributed by atoms with van der Waals surface area (Å²) in [5, 5.41) is 25.7. The molecule has 28 heavy (non-hydrogen) atoms. The molecule has 0 aliphatic carbocycles. The lowest BCUT2D eigenvalue weighted by Gasteiger charge is -2.25. The predicted molar refractivity (Wildman–Crippen MR) is 122 cm³/mol. The highest BCUT2D eigenvalue weighted by Gasteiger charge is 2.25. The monoisotopic (exact) mass is 504 g/mol. The number of aliphatic imine (C=N–C) groups is 1. The third-order valence-corrected chi connectivity index (χ3v) is 4.41. The number of hydrogen-bond acceptors (Lipinski definition) is 5. The maximum atomic E-state index is 10.7. The van der Waals surface area contributed by atoms with E-state index in [0.29, 0.717) is 12.5 Å².